The van der Waals surface area contributed by atoms with E-state index in [0.29, 0.717) is 11.3 Å². The lowest BCUT2D eigenvalue weighted by Gasteiger charge is -2.18. The van der Waals surface area contributed by atoms with Gasteiger partial charge in [-0.15, -0.1) is 0 Å². The van der Waals surface area contributed by atoms with Gasteiger partial charge in [0.1, 0.15) is 0 Å². The van der Waals surface area contributed by atoms with Gasteiger partial charge in [0.2, 0.25) is 0 Å². The average molecular weight is 253 g/mol. The minimum atomic E-state index is -0.683. The van der Waals surface area contributed by atoms with Crippen LogP contribution in [0.5, 0.6) is 0 Å². The molecule has 0 radical (unpaired) electrons. The van der Waals surface area contributed by atoms with Crippen LogP contribution in [-0.2, 0) is 0 Å². The van der Waals surface area contributed by atoms with Crippen LogP contribution in [0.15, 0.2) is 30.3 Å². The summed E-state index contributed by atoms with van der Waals surface area (Å²) in [4.78, 5) is 11.8. The molecule has 3 N–H and O–H groups in total. The molecular weight excluding hydrogens is 238 g/mol. The zero-order valence-corrected chi connectivity index (χ0v) is 10.1. The number of nitrogens with one attached hydrogen (secondary N) is 1. The smallest absolute Gasteiger partial charge is 0.251 e. The normalized spacial score (nSPS) is 28.0. The number of hydrogen-bond acceptors (Lipinski definition) is 4. The Balaban J connectivity index is 1.96. The molecule has 17 heavy (non-hydrogen) atoms. The molecule has 1 saturated heterocycles. The highest BCUT2D eigenvalue weighted by Gasteiger charge is 2.35. The summed E-state index contributed by atoms with van der Waals surface area (Å²) in [6.07, 6.45) is -0.683. The topological polar surface area (TPSA) is 69.6 Å². The van der Waals surface area contributed by atoms with Crippen LogP contribution in [0.4, 0.5) is 0 Å². The molecule has 5 heteroatoms. The lowest BCUT2D eigenvalue weighted by molar-refractivity contribution is 0.0837. The fourth-order valence-electron chi connectivity index (χ4n) is 1.81. The van der Waals surface area contributed by atoms with Gasteiger partial charge in [-0.2, -0.15) is 11.8 Å². The summed E-state index contributed by atoms with van der Waals surface area (Å²) < 4.78 is 0. The molecule has 0 spiro atoms. The summed E-state index contributed by atoms with van der Waals surface area (Å²) in [6.45, 7) is -0.0659. The number of rotatable bonds is 3. The Morgan fingerprint density at radius 3 is 2.71 bits per heavy atom. The zero-order chi connectivity index (χ0) is 12.3. The van der Waals surface area contributed by atoms with Crippen LogP contribution in [0, 0.1) is 0 Å². The van der Waals surface area contributed by atoms with Gasteiger partial charge in [-0.05, 0) is 12.1 Å². The molecule has 1 amide bonds. The average Bonchev–Trinajstić information content (AvgIpc) is 2.71. The maximum absolute atomic E-state index is 11.8. The van der Waals surface area contributed by atoms with Gasteiger partial charge in [-0.1, -0.05) is 18.2 Å². The third-order valence-corrected chi connectivity index (χ3v) is 4.22. The van der Waals surface area contributed by atoms with Crippen molar-refractivity contribution >= 4 is 17.7 Å². The Morgan fingerprint density at radius 1 is 1.41 bits per heavy atom. The highest BCUT2D eigenvalue weighted by Crippen LogP contribution is 2.26. The summed E-state index contributed by atoms with van der Waals surface area (Å²) >= 11 is 1.48. The number of carbonyl (C=O) groups excluding carboxylic acids is 1. The second-order valence-electron chi connectivity index (χ2n) is 3.99. The van der Waals surface area contributed by atoms with Crippen LogP contribution in [0.2, 0.25) is 0 Å². The van der Waals surface area contributed by atoms with Crippen molar-refractivity contribution in [3.05, 3.63) is 35.9 Å². The van der Waals surface area contributed by atoms with Crippen LogP contribution >= 0.6 is 11.8 Å². The molecule has 2 rings (SSSR count). The van der Waals surface area contributed by atoms with Gasteiger partial charge >= 0.3 is 0 Å². The molecule has 1 heterocycles. The van der Waals surface area contributed by atoms with Gasteiger partial charge in [0.25, 0.3) is 5.91 Å². The van der Waals surface area contributed by atoms with Crippen LogP contribution in [-0.4, -0.2) is 45.9 Å². The summed E-state index contributed by atoms with van der Waals surface area (Å²) in [6, 6.07) is 8.61. The zero-order valence-electron chi connectivity index (χ0n) is 9.24. The molecule has 1 aliphatic heterocycles. The predicted molar refractivity (Wildman–Crippen MR) is 67.0 cm³/mol. The van der Waals surface area contributed by atoms with E-state index in [0.717, 1.165) is 0 Å². The second kappa shape index (κ2) is 5.53. The van der Waals surface area contributed by atoms with Crippen LogP contribution in [0.3, 0.4) is 0 Å². The number of thioether (sulfide) groups is 1. The van der Waals surface area contributed by atoms with Crippen molar-refractivity contribution < 1.29 is 15.0 Å². The molecule has 92 valence electrons. The first kappa shape index (κ1) is 12.4. The molecule has 1 fully saturated rings. The maximum Gasteiger partial charge on any atom is 0.251 e. The van der Waals surface area contributed by atoms with Crippen molar-refractivity contribution in [3.8, 4) is 0 Å². The van der Waals surface area contributed by atoms with E-state index < -0.39 is 6.10 Å². The fraction of sp³-hybridized carbons (Fsp3) is 0.417. The Morgan fingerprint density at radius 2 is 2.12 bits per heavy atom. The third kappa shape index (κ3) is 2.80. The van der Waals surface area contributed by atoms with E-state index in [4.69, 9.17) is 5.11 Å². The monoisotopic (exact) mass is 253 g/mol. The number of hydrogen-bond donors (Lipinski definition) is 3. The molecule has 1 aliphatic rings. The Labute approximate surface area is 104 Å². The van der Waals surface area contributed by atoms with Gasteiger partial charge in [0.15, 0.2) is 0 Å². The number of aliphatic hydroxyl groups is 2. The minimum absolute atomic E-state index is 0.0659. The van der Waals surface area contributed by atoms with Crippen LogP contribution in [0.1, 0.15) is 10.4 Å². The van der Waals surface area contributed by atoms with Crippen LogP contribution in [0.25, 0.3) is 0 Å². The highest BCUT2D eigenvalue weighted by atomic mass is 32.2. The van der Waals surface area contributed by atoms with Crippen LogP contribution < -0.4 is 5.32 Å². The van der Waals surface area contributed by atoms with E-state index in [-0.39, 0.29) is 23.8 Å². The molecule has 1 aromatic carbocycles. The Kier molecular flexibility index (Phi) is 4.04. The van der Waals surface area contributed by atoms with E-state index in [2.05, 4.69) is 5.32 Å². The van der Waals surface area contributed by atoms with Crippen molar-refractivity contribution in [3.63, 3.8) is 0 Å². The van der Waals surface area contributed by atoms with E-state index >= 15 is 0 Å². The molecular formula is C12H15NO3S. The predicted octanol–water partition coefficient (Wildman–Crippen LogP) is 0.254. The van der Waals surface area contributed by atoms with Crippen molar-refractivity contribution in [2.24, 2.45) is 0 Å². The molecule has 0 bridgehead atoms. The van der Waals surface area contributed by atoms with Crippen molar-refractivity contribution in [1.29, 1.82) is 0 Å². The largest absolute Gasteiger partial charge is 0.395 e. The van der Waals surface area contributed by atoms with E-state index in [1.807, 2.05) is 6.07 Å². The van der Waals surface area contributed by atoms with Gasteiger partial charge in [0, 0.05) is 11.3 Å². The molecule has 1 aromatic rings. The lowest BCUT2D eigenvalue weighted by atomic mass is 10.1. The van der Waals surface area contributed by atoms with E-state index in [1.54, 1.807) is 24.3 Å². The second-order valence-corrected chi connectivity index (χ2v) is 5.26. The summed E-state index contributed by atoms with van der Waals surface area (Å²) in [5, 5.41) is 21.5. The quantitative estimate of drug-likeness (QED) is 0.722. The standard InChI is InChI=1S/C12H15NO3S/c14-6-10-11(15)9(7-17-10)13-12(16)8-4-2-1-3-5-8/h1-5,9-11,14-15H,6-7H2,(H,13,16)/t9-,10-,11+/m1/s1. The van der Waals surface area contributed by atoms with Crippen molar-refractivity contribution in [2.45, 2.75) is 17.4 Å². The molecule has 3 atom stereocenters. The van der Waals surface area contributed by atoms with Gasteiger partial charge in [-0.25, -0.2) is 0 Å². The molecule has 0 saturated carbocycles. The number of aliphatic hydroxyl groups excluding tert-OH is 2. The lowest BCUT2D eigenvalue weighted by Crippen LogP contribution is -2.44. The Hall–Kier alpha value is -1.04. The van der Waals surface area contributed by atoms with Gasteiger partial charge < -0.3 is 15.5 Å². The molecule has 0 aliphatic carbocycles. The number of amides is 1. The van der Waals surface area contributed by atoms with Gasteiger partial charge in [-0.3, -0.25) is 4.79 Å². The SMILES string of the molecule is O=C(N[C@@H]1CS[C@H](CO)[C@H]1O)c1ccccc1. The summed E-state index contributed by atoms with van der Waals surface area (Å²) in [7, 11) is 0. The molecule has 0 unspecified atom stereocenters. The minimum Gasteiger partial charge on any atom is -0.395 e. The first-order valence-corrected chi connectivity index (χ1v) is 6.53. The van der Waals surface area contributed by atoms with Gasteiger partial charge in [0.05, 0.1) is 24.0 Å². The first-order chi connectivity index (χ1) is 8.22. The summed E-state index contributed by atoms with van der Waals surface area (Å²) in [5.74, 6) is 0.444. The van der Waals surface area contributed by atoms with E-state index in [1.165, 1.54) is 11.8 Å². The highest BCUT2D eigenvalue weighted by molar-refractivity contribution is 8.00. The van der Waals surface area contributed by atoms with E-state index in [9.17, 15) is 9.90 Å². The maximum atomic E-state index is 11.8. The van der Waals surface area contributed by atoms with Crippen molar-refractivity contribution in [2.75, 3.05) is 12.4 Å². The van der Waals surface area contributed by atoms with Crippen molar-refractivity contribution in [1.82, 2.24) is 5.32 Å². The molecule has 0 aromatic heterocycles. The third-order valence-electron chi connectivity index (χ3n) is 2.82. The fourth-order valence-corrected chi connectivity index (χ4v) is 3.04. The summed E-state index contributed by atoms with van der Waals surface area (Å²) in [5.41, 5.74) is 0.581. The Bertz CT molecular complexity index is 385. The number of carbonyl (C=O) groups is 1. The number of benzene rings is 1. The molecule has 4 nitrogen and oxygen atoms in total. The first-order valence-electron chi connectivity index (χ1n) is 5.49.